The minimum Gasteiger partial charge on any atom is -0.497 e. The molecule has 2 aromatic carbocycles. The first-order chi connectivity index (χ1) is 11.7. The number of aldehydes is 1. The highest BCUT2D eigenvalue weighted by atomic mass is 16.5. The largest absolute Gasteiger partial charge is 0.497 e. The van der Waals surface area contributed by atoms with Crippen molar-refractivity contribution in [1.29, 1.82) is 0 Å². The number of piperazine rings is 1. The van der Waals surface area contributed by atoms with E-state index < -0.39 is 0 Å². The van der Waals surface area contributed by atoms with Crippen molar-refractivity contribution in [2.75, 3.05) is 38.2 Å². The molecule has 0 unspecified atom stereocenters. The zero-order valence-electron chi connectivity index (χ0n) is 13.6. The lowest BCUT2D eigenvalue weighted by Gasteiger charge is -2.36. The summed E-state index contributed by atoms with van der Waals surface area (Å²) in [5, 5.41) is 0. The lowest BCUT2D eigenvalue weighted by Crippen LogP contribution is -2.48. The van der Waals surface area contributed by atoms with Crippen LogP contribution in [0, 0.1) is 0 Å². The Morgan fingerprint density at radius 2 is 1.75 bits per heavy atom. The minimum absolute atomic E-state index is 0.0651. The Morgan fingerprint density at radius 3 is 2.38 bits per heavy atom. The molecule has 0 radical (unpaired) electrons. The maximum Gasteiger partial charge on any atom is 0.254 e. The molecule has 5 nitrogen and oxygen atoms in total. The van der Waals surface area contributed by atoms with Crippen molar-refractivity contribution in [3.8, 4) is 5.75 Å². The third-order valence-corrected chi connectivity index (χ3v) is 4.24. The molecule has 1 heterocycles. The normalized spacial score (nSPS) is 14.4. The van der Waals surface area contributed by atoms with Crippen molar-refractivity contribution < 1.29 is 14.3 Å². The molecular formula is C19H20N2O3. The maximum absolute atomic E-state index is 12.7. The van der Waals surface area contributed by atoms with E-state index in [1.54, 1.807) is 18.2 Å². The Morgan fingerprint density at radius 1 is 1.04 bits per heavy atom. The van der Waals surface area contributed by atoms with Gasteiger partial charge >= 0.3 is 0 Å². The molecule has 0 aliphatic carbocycles. The number of hydrogen-bond donors (Lipinski definition) is 0. The fourth-order valence-electron chi connectivity index (χ4n) is 2.92. The van der Waals surface area contributed by atoms with Crippen molar-refractivity contribution in [3.05, 3.63) is 59.7 Å². The molecule has 5 heteroatoms. The standard InChI is InChI=1S/C19H20N2O3/c1-24-18-12-15(14-22)11-16(13-18)19(23)21-9-7-20(8-10-21)17-5-3-2-4-6-17/h2-6,11-14H,7-10H2,1H3. The average molecular weight is 324 g/mol. The van der Waals surface area contributed by atoms with Crippen LogP contribution in [0.15, 0.2) is 48.5 Å². The lowest BCUT2D eigenvalue weighted by molar-refractivity contribution is 0.0746. The highest BCUT2D eigenvalue weighted by Crippen LogP contribution is 2.20. The summed E-state index contributed by atoms with van der Waals surface area (Å²) in [6.07, 6.45) is 0.729. The molecule has 124 valence electrons. The van der Waals surface area contributed by atoms with Crippen LogP contribution in [0.3, 0.4) is 0 Å². The van der Waals surface area contributed by atoms with Gasteiger partial charge in [-0.1, -0.05) is 18.2 Å². The molecule has 1 saturated heterocycles. The summed E-state index contributed by atoms with van der Waals surface area (Å²) in [5.41, 5.74) is 2.11. The second kappa shape index (κ2) is 7.17. The quantitative estimate of drug-likeness (QED) is 0.811. The van der Waals surface area contributed by atoms with E-state index >= 15 is 0 Å². The number of ether oxygens (including phenoxy) is 1. The van der Waals surface area contributed by atoms with Gasteiger partial charge in [0, 0.05) is 43.0 Å². The van der Waals surface area contributed by atoms with E-state index in [4.69, 9.17) is 4.74 Å². The van der Waals surface area contributed by atoms with Crippen LogP contribution >= 0.6 is 0 Å². The fraction of sp³-hybridized carbons (Fsp3) is 0.263. The minimum atomic E-state index is -0.0651. The molecule has 24 heavy (non-hydrogen) atoms. The Hall–Kier alpha value is -2.82. The fourth-order valence-corrected chi connectivity index (χ4v) is 2.92. The highest BCUT2D eigenvalue weighted by molar-refractivity contribution is 5.96. The summed E-state index contributed by atoms with van der Waals surface area (Å²) in [4.78, 5) is 27.8. The monoisotopic (exact) mass is 324 g/mol. The number of methoxy groups -OCH3 is 1. The van der Waals surface area contributed by atoms with Gasteiger partial charge in [-0.25, -0.2) is 0 Å². The van der Waals surface area contributed by atoms with Gasteiger partial charge in [0.05, 0.1) is 7.11 Å². The number of carbonyl (C=O) groups is 2. The summed E-state index contributed by atoms with van der Waals surface area (Å²) >= 11 is 0. The first-order valence-electron chi connectivity index (χ1n) is 7.95. The molecule has 1 aliphatic heterocycles. The van der Waals surface area contributed by atoms with E-state index in [1.165, 1.54) is 12.8 Å². The van der Waals surface area contributed by atoms with Crippen LogP contribution in [0.4, 0.5) is 5.69 Å². The first kappa shape index (κ1) is 16.1. The number of anilines is 1. The highest BCUT2D eigenvalue weighted by Gasteiger charge is 2.23. The van der Waals surface area contributed by atoms with Crippen LogP contribution in [-0.4, -0.2) is 50.4 Å². The van der Waals surface area contributed by atoms with Crippen molar-refractivity contribution in [2.45, 2.75) is 0 Å². The number of amides is 1. The van der Waals surface area contributed by atoms with Crippen molar-refractivity contribution in [1.82, 2.24) is 4.90 Å². The number of hydrogen-bond acceptors (Lipinski definition) is 4. The van der Waals surface area contributed by atoms with E-state index in [-0.39, 0.29) is 5.91 Å². The van der Waals surface area contributed by atoms with E-state index in [0.717, 1.165) is 19.4 Å². The van der Waals surface area contributed by atoms with Gasteiger partial charge < -0.3 is 14.5 Å². The zero-order valence-corrected chi connectivity index (χ0v) is 13.6. The first-order valence-corrected chi connectivity index (χ1v) is 7.95. The van der Waals surface area contributed by atoms with Crippen LogP contribution < -0.4 is 9.64 Å². The molecule has 3 rings (SSSR count). The van der Waals surface area contributed by atoms with E-state index in [1.807, 2.05) is 23.1 Å². The van der Waals surface area contributed by atoms with Crippen molar-refractivity contribution in [2.24, 2.45) is 0 Å². The zero-order chi connectivity index (χ0) is 16.9. The van der Waals surface area contributed by atoms with Crippen molar-refractivity contribution in [3.63, 3.8) is 0 Å². The Kier molecular flexibility index (Phi) is 4.79. The molecule has 0 spiro atoms. The van der Waals surface area contributed by atoms with Gasteiger partial charge in [-0.3, -0.25) is 9.59 Å². The van der Waals surface area contributed by atoms with Crippen LogP contribution in [0.2, 0.25) is 0 Å². The molecule has 1 amide bonds. The van der Waals surface area contributed by atoms with Gasteiger partial charge in [0.1, 0.15) is 12.0 Å². The van der Waals surface area contributed by atoms with Gasteiger partial charge in [0.2, 0.25) is 0 Å². The summed E-state index contributed by atoms with van der Waals surface area (Å²) < 4.78 is 5.17. The van der Waals surface area contributed by atoms with Crippen LogP contribution in [0.25, 0.3) is 0 Å². The topological polar surface area (TPSA) is 49.9 Å². The molecule has 1 aliphatic rings. The Balaban J connectivity index is 1.70. The molecule has 0 atom stereocenters. The molecular weight excluding hydrogens is 304 g/mol. The number of para-hydroxylation sites is 1. The lowest BCUT2D eigenvalue weighted by atomic mass is 10.1. The van der Waals surface area contributed by atoms with Crippen LogP contribution in [0.5, 0.6) is 5.75 Å². The third-order valence-electron chi connectivity index (χ3n) is 4.24. The van der Waals surface area contributed by atoms with Gasteiger partial charge in [0.15, 0.2) is 0 Å². The van der Waals surface area contributed by atoms with Gasteiger partial charge in [-0.2, -0.15) is 0 Å². The van der Waals surface area contributed by atoms with Gasteiger partial charge in [-0.15, -0.1) is 0 Å². The number of carbonyl (C=O) groups excluding carboxylic acids is 2. The summed E-state index contributed by atoms with van der Waals surface area (Å²) in [6, 6.07) is 15.1. The SMILES string of the molecule is COc1cc(C=O)cc(C(=O)N2CCN(c3ccccc3)CC2)c1. The van der Waals surface area contributed by atoms with E-state index in [0.29, 0.717) is 30.0 Å². The van der Waals surface area contributed by atoms with Gasteiger partial charge in [0.25, 0.3) is 5.91 Å². The van der Waals surface area contributed by atoms with Crippen LogP contribution in [-0.2, 0) is 0 Å². The van der Waals surface area contributed by atoms with E-state index in [2.05, 4.69) is 17.0 Å². The molecule has 1 fully saturated rings. The predicted molar refractivity (Wildman–Crippen MR) is 92.9 cm³/mol. The second-order valence-corrected chi connectivity index (χ2v) is 5.73. The smallest absolute Gasteiger partial charge is 0.254 e. The number of benzene rings is 2. The summed E-state index contributed by atoms with van der Waals surface area (Å²) in [5.74, 6) is 0.454. The Bertz CT molecular complexity index is 723. The third kappa shape index (κ3) is 3.40. The summed E-state index contributed by atoms with van der Waals surface area (Å²) in [7, 11) is 1.52. The molecule has 0 N–H and O–H groups in total. The maximum atomic E-state index is 12.7. The Labute approximate surface area is 141 Å². The molecule has 0 aromatic heterocycles. The molecule has 0 saturated carbocycles. The predicted octanol–water partition coefficient (Wildman–Crippen LogP) is 2.47. The second-order valence-electron chi connectivity index (χ2n) is 5.73. The van der Waals surface area contributed by atoms with Crippen LogP contribution in [0.1, 0.15) is 20.7 Å². The molecule has 2 aromatic rings. The number of nitrogens with zero attached hydrogens (tertiary/aromatic N) is 2. The summed E-state index contributed by atoms with van der Waals surface area (Å²) in [6.45, 7) is 2.89. The van der Waals surface area contributed by atoms with Gasteiger partial charge in [-0.05, 0) is 30.3 Å². The van der Waals surface area contributed by atoms with Crippen molar-refractivity contribution >= 4 is 17.9 Å². The van der Waals surface area contributed by atoms with E-state index in [9.17, 15) is 9.59 Å². The number of rotatable bonds is 4. The molecule has 0 bridgehead atoms. The average Bonchev–Trinajstić information content (AvgIpc) is 2.67.